The largest absolute Gasteiger partial charge is 0.370 e. The fourth-order valence-electron chi connectivity index (χ4n) is 2.21. The van der Waals surface area contributed by atoms with Crippen LogP contribution in [0, 0.1) is 6.92 Å². The Bertz CT molecular complexity index is 799. The molecule has 4 N–H and O–H groups in total. The molecular weight excluding hydrogens is 268 g/mol. The lowest BCUT2D eigenvalue weighted by molar-refractivity contribution is 0.100. The van der Waals surface area contributed by atoms with Gasteiger partial charge in [-0.05, 0) is 26.8 Å². The van der Waals surface area contributed by atoms with Gasteiger partial charge in [-0.3, -0.25) is 9.59 Å². The Morgan fingerprint density at radius 2 is 1.90 bits per heavy atom. The number of carbonyl (C=O) groups is 1. The first kappa shape index (κ1) is 14.8. The highest BCUT2D eigenvalue weighted by atomic mass is 16.1. The second kappa shape index (κ2) is 5.40. The normalized spacial score (nSPS) is 10.9. The summed E-state index contributed by atoms with van der Waals surface area (Å²) in [5.74, 6) is -0.858. The van der Waals surface area contributed by atoms with Gasteiger partial charge in [0.15, 0.2) is 5.96 Å². The number of aromatic nitrogens is 1. The summed E-state index contributed by atoms with van der Waals surface area (Å²) >= 11 is 0. The molecule has 0 bridgehead atoms. The summed E-state index contributed by atoms with van der Waals surface area (Å²) < 4.78 is 1.51. The molecule has 1 aromatic carbocycles. The van der Waals surface area contributed by atoms with Gasteiger partial charge in [-0.15, -0.1) is 0 Å². The topological polar surface area (TPSA) is 103 Å². The summed E-state index contributed by atoms with van der Waals surface area (Å²) in [6, 6.07) is 5.27. The van der Waals surface area contributed by atoms with Crippen LogP contribution in [0.3, 0.4) is 0 Å². The van der Waals surface area contributed by atoms with E-state index in [2.05, 4.69) is 4.99 Å². The van der Waals surface area contributed by atoms with Crippen molar-refractivity contribution in [1.29, 1.82) is 0 Å². The van der Waals surface area contributed by atoms with Crippen molar-refractivity contribution in [2.45, 2.75) is 26.8 Å². The lowest BCUT2D eigenvalue weighted by atomic mass is 10.0. The van der Waals surface area contributed by atoms with Crippen LogP contribution in [0.2, 0.25) is 0 Å². The molecule has 0 aliphatic carbocycles. The van der Waals surface area contributed by atoms with Crippen LogP contribution < -0.4 is 17.0 Å². The Balaban J connectivity index is 2.88. The Morgan fingerprint density at radius 3 is 2.48 bits per heavy atom. The minimum Gasteiger partial charge on any atom is -0.370 e. The van der Waals surface area contributed by atoms with Crippen LogP contribution >= 0.6 is 0 Å². The molecule has 6 nitrogen and oxygen atoms in total. The van der Waals surface area contributed by atoms with E-state index in [1.807, 2.05) is 26.8 Å². The summed E-state index contributed by atoms with van der Waals surface area (Å²) in [7, 11) is 0. The molecule has 110 valence electrons. The zero-order chi connectivity index (χ0) is 15.7. The zero-order valence-electron chi connectivity index (χ0n) is 12.3. The summed E-state index contributed by atoms with van der Waals surface area (Å²) in [5, 5.41) is 1.04. The second-order valence-electron chi connectivity index (χ2n) is 5.24. The first-order valence-electron chi connectivity index (χ1n) is 6.60. The maximum Gasteiger partial charge on any atom is 0.282 e. The number of hydrogen-bond acceptors (Lipinski definition) is 2. The zero-order valence-corrected chi connectivity index (χ0v) is 12.3. The Kier molecular flexibility index (Phi) is 3.80. The molecule has 6 heteroatoms. The number of pyridine rings is 1. The van der Waals surface area contributed by atoms with Crippen LogP contribution in [-0.2, 0) is 0 Å². The van der Waals surface area contributed by atoms with E-state index in [-0.39, 0.29) is 17.6 Å². The second-order valence-corrected chi connectivity index (χ2v) is 5.24. The number of rotatable bonds is 2. The monoisotopic (exact) mass is 286 g/mol. The van der Waals surface area contributed by atoms with Crippen LogP contribution in [0.4, 0.5) is 0 Å². The van der Waals surface area contributed by atoms with E-state index < -0.39 is 5.91 Å². The smallest absolute Gasteiger partial charge is 0.282 e. The van der Waals surface area contributed by atoms with Gasteiger partial charge in [-0.2, -0.15) is 4.99 Å². The van der Waals surface area contributed by atoms with Gasteiger partial charge in [0.2, 0.25) is 0 Å². The van der Waals surface area contributed by atoms with Gasteiger partial charge in [-0.25, -0.2) is 0 Å². The number of nitrogens with two attached hydrogens (primary N) is 2. The highest BCUT2D eigenvalue weighted by Crippen LogP contribution is 2.20. The van der Waals surface area contributed by atoms with Crippen LogP contribution in [0.5, 0.6) is 0 Å². The average molecular weight is 286 g/mol. The van der Waals surface area contributed by atoms with Crippen LogP contribution in [0.15, 0.2) is 34.2 Å². The molecule has 1 aromatic heterocycles. The third-order valence-corrected chi connectivity index (χ3v) is 3.22. The fourth-order valence-corrected chi connectivity index (χ4v) is 2.21. The van der Waals surface area contributed by atoms with Gasteiger partial charge in [0, 0.05) is 23.0 Å². The molecule has 21 heavy (non-hydrogen) atoms. The molecule has 0 fully saturated rings. The van der Waals surface area contributed by atoms with E-state index in [0.717, 1.165) is 5.56 Å². The predicted octanol–water partition coefficient (Wildman–Crippen LogP) is 1.30. The highest BCUT2D eigenvalue weighted by Gasteiger charge is 2.16. The summed E-state index contributed by atoms with van der Waals surface area (Å²) in [6.07, 6.45) is 1.52. The van der Waals surface area contributed by atoms with Crippen molar-refractivity contribution in [3.05, 3.63) is 45.9 Å². The van der Waals surface area contributed by atoms with Crippen molar-refractivity contribution in [3.8, 4) is 0 Å². The van der Waals surface area contributed by atoms with E-state index >= 15 is 0 Å². The van der Waals surface area contributed by atoms with Crippen molar-refractivity contribution in [2.24, 2.45) is 16.5 Å². The number of hydrogen-bond donors (Lipinski definition) is 2. The number of nitrogens with zero attached hydrogens (tertiary/aromatic N) is 2. The van der Waals surface area contributed by atoms with Crippen LogP contribution in [0.25, 0.3) is 10.8 Å². The highest BCUT2D eigenvalue weighted by molar-refractivity contribution is 6.10. The van der Waals surface area contributed by atoms with Crippen molar-refractivity contribution in [2.75, 3.05) is 0 Å². The summed E-state index contributed by atoms with van der Waals surface area (Å²) in [5.41, 5.74) is 11.7. The molecule has 0 spiro atoms. The third-order valence-electron chi connectivity index (χ3n) is 3.22. The van der Waals surface area contributed by atoms with Crippen molar-refractivity contribution in [1.82, 2.24) is 4.57 Å². The maximum atomic E-state index is 12.4. The van der Waals surface area contributed by atoms with Gasteiger partial charge < -0.3 is 16.0 Å². The van der Waals surface area contributed by atoms with Crippen molar-refractivity contribution >= 4 is 22.6 Å². The minimum atomic E-state index is -0.556. The molecule has 0 aliphatic heterocycles. The number of carbonyl (C=O) groups excluding carboxylic acids is 1. The van der Waals surface area contributed by atoms with Crippen LogP contribution in [-0.4, -0.2) is 16.4 Å². The molecule has 2 rings (SSSR count). The number of aryl methyl sites for hydroxylation is 1. The molecule has 1 heterocycles. The molecule has 0 atom stereocenters. The van der Waals surface area contributed by atoms with Gasteiger partial charge in [0.05, 0.1) is 5.56 Å². The molecule has 0 aliphatic rings. The molecule has 2 aromatic rings. The molecule has 0 radical (unpaired) electrons. The van der Waals surface area contributed by atoms with E-state index in [0.29, 0.717) is 16.3 Å². The molecule has 1 amide bonds. The van der Waals surface area contributed by atoms with E-state index in [1.165, 1.54) is 10.8 Å². The first-order chi connectivity index (χ1) is 9.81. The first-order valence-corrected chi connectivity index (χ1v) is 6.60. The average Bonchev–Trinajstić information content (AvgIpc) is 2.37. The Hall–Kier alpha value is -2.63. The Morgan fingerprint density at radius 1 is 1.24 bits per heavy atom. The van der Waals surface area contributed by atoms with Gasteiger partial charge in [0.1, 0.15) is 0 Å². The van der Waals surface area contributed by atoms with Crippen molar-refractivity contribution in [3.63, 3.8) is 0 Å². The SMILES string of the molecule is Cc1ccc2c(=O)n(C(C)C)cc(C(=O)N=C(N)N)c2c1. The predicted molar refractivity (Wildman–Crippen MR) is 83.5 cm³/mol. The number of guanidine groups is 1. The van der Waals surface area contributed by atoms with Crippen molar-refractivity contribution < 1.29 is 4.79 Å². The maximum absolute atomic E-state index is 12.4. The fraction of sp³-hybridized carbons (Fsp3) is 0.267. The number of fused-ring (bicyclic) bond motifs is 1. The summed E-state index contributed by atoms with van der Waals surface area (Å²) in [4.78, 5) is 28.2. The van der Waals surface area contributed by atoms with E-state index in [1.54, 1.807) is 12.1 Å². The lowest BCUT2D eigenvalue weighted by Crippen LogP contribution is -2.26. The van der Waals surface area contributed by atoms with Crippen LogP contribution in [0.1, 0.15) is 35.8 Å². The lowest BCUT2D eigenvalue weighted by Gasteiger charge is -2.14. The van der Waals surface area contributed by atoms with E-state index in [9.17, 15) is 9.59 Å². The molecule has 0 saturated heterocycles. The van der Waals surface area contributed by atoms with E-state index in [4.69, 9.17) is 11.5 Å². The summed E-state index contributed by atoms with van der Waals surface area (Å²) in [6.45, 7) is 5.63. The van der Waals surface area contributed by atoms with Gasteiger partial charge in [-0.1, -0.05) is 17.7 Å². The van der Waals surface area contributed by atoms with Gasteiger partial charge >= 0.3 is 0 Å². The molecular formula is C15H18N4O2. The molecule has 0 saturated carbocycles. The molecule has 0 unspecified atom stereocenters. The Labute approximate surface area is 122 Å². The number of benzene rings is 1. The minimum absolute atomic E-state index is 0.0750. The standard InChI is InChI=1S/C15H18N4O2/c1-8(2)19-7-12(13(20)18-15(16)17)11-6-9(3)4-5-10(11)14(19)21/h4-8H,1-3H3,(H4,16,17,18,20). The quantitative estimate of drug-likeness (QED) is 0.641. The number of aliphatic imine (C=N–C) groups is 1. The number of amides is 1. The van der Waals surface area contributed by atoms with Gasteiger partial charge in [0.25, 0.3) is 11.5 Å². The third kappa shape index (κ3) is 2.79.